The first-order valence-electron chi connectivity index (χ1n) is 5.33. The van der Waals surface area contributed by atoms with Crippen LogP contribution in [0.4, 0.5) is 0 Å². The molecule has 1 heterocycles. The molecule has 2 rings (SSSR count). The Morgan fingerprint density at radius 1 is 1.00 bits per heavy atom. The Morgan fingerprint density at radius 2 is 1.81 bits per heavy atom. The van der Waals surface area contributed by atoms with Gasteiger partial charge in [-0.25, -0.2) is 0 Å². The predicted octanol–water partition coefficient (Wildman–Crippen LogP) is 2.86. The molecule has 82 valence electrons. The van der Waals surface area contributed by atoms with Gasteiger partial charge in [-0.15, -0.1) is 0 Å². The first-order valence-corrected chi connectivity index (χ1v) is 5.33. The normalized spacial score (nSPS) is 10.4. The van der Waals surface area contributed by atoms with Gasteiger partial charge in [-0.05, 0) is 42.2 Å². The summed E-state index contributed by atoms with van der Waals surface area (Å²) in [4.78, 5) is 4.12. The molecule has 0 unspecified atom stereocenters. The number of nitrogens with zero attached hydrogens (tertiary/aromatic N) is 1. The van der Waals surface area contributed by atoms with Crippen molar-refractivity contribution in [1.29, 1.82) is 0 Å². The molecule has 0 spiro atoms. The Balaban J connectivity index is 2.46. The van der Waals surface area contributed by atoms with Gasteiger partial charge in [0.2, 0.25) is 0 Å². The molecule has 0 saturated carbocycles. The summed E-state index contributed by atoms with van der Waals surface area (Å²) in [6, 6.07) is 8.31. The highest BCUT2D eigenvalue weighted by atomic mass is 16.3. The molecule has 2 nitrogen and oxygen atoms in total. The summed E-state index contributed by atoms with van der Waals surface area (Å²) in [5.41, 5.74) is 5.60. The van der Waals surface area contributed by atoms with Crippen molar-refractivity contribution in [3.8, 4) is 11.1 Å². The van der Waals surface area contributed by atoms with Crippen LogP contribution in [0.15, 0.2) is 36.7 Å². The fourth-order valence-corrected chi connectivity index (χ4v) is 1.65. The highest BCUT2D eigenvalue weighted by Crippen LogP contribution is 2.22. The number of aromatic nitrogens is 1. The van der Waals surface area contributed by atoms with Crippen molar-refractivity contribution in [3.63, 3.8) is 0 Å². The number of aliphatic hydroxyl groups is 1. The Morgan fingerprint density at radius 3 is 2.50 bits per heavy atom. The minimum Gasteiger partial charge on any atom is -0.392 e. The second kappa shape index (κ2) is 4.45. The van der Waals surface area contributed by atoms with E-state index in [-0.39, 0.29) is 6.61 Å². The maximum absolute atomic E-state index is 9.07. The Hall–Kier alpha value is -1.67. The second-order valence-corrected chi connectivity index (χ2v) is 4.04. The highest BCUT2D eigenvalue weighted by Gasteiger charge is 2.01. The SMILES string of the molecule is Cc1ccc(-c2cncc(CO)c2)cc1C. The first-order chi connectivity index (χ1) is 7.70. The lowest BCUT2D eigenvalue weighted by molar-refractivity contribution is 0.281. The average Bonchev–Trinajstić information content (AvgIpc) is 2.33. The van der Waals surface area contributed by atoms with Crippen LogP contribution in [0.1, 0.15) is 16.7 Å². The summed E-state index contributed by atoms with van der Waals surface area (Å²) >= 11 is 0. The number of pyridine rings is 1. The largest absolute Gasteiger partial charge is 0.392 e. The number of rotatable bonds is 2. The number of benzene rings is 1. The minimum absolute atomic E-state index is 0.0334. The van der Waals surface area contributed by atoms with E-state index in [1.165, 1.54) is 11.1 Å². The van der Waals surface area contributed by atoms with E-state index in [1.807, 2.05) is 12.3 Å². The van der Waals surface area contributed by atoms with Crippen molar-refractivity contribution in [2.45, 2.75) is 20.5 Å². The van der Waals surface area contributed by atoms with E-state index in [4.69, 9.17) is 5.11 Å². The summed E-state index contributed by atoms with van der Waals surface area (Å²) in [5.74, 6) is 0. The maximum Gasteiger partial charge on any atom is 0.0697 e. The lowest BCUT2D eigenvalue weighted by Gasteiger charge is -2.06. The molecule has 0 radical (unpaired) electrons. The third kappa shape index (κ3) is 2.12. The summed E-state index contributed by atoms with van der Waals surface area (Å²) in [5, 5.41) is 9.07. The standard InChI is InChI=1S/C14H15NO/c1-10-3-4-13(5-11(10)2)14-6-12(9-16)7-15-8-14/h3-8,16H,9H2,1-2H3. The topological polar surface area (TPSA) is 33.1 Å². The molecule has 1 aromatic carbocycles. The van der Waals surface area contributed by atoms with Gasteiger partial charge in [0.1, 0.15) is 0 Å². The third-order valence-corrected chi connectivity index (χ3v) is 2.82. The molecule has 0 bridgehead atoms. The molecule has 1 aromatic heterocycles. The molecule has 1 N–H and O–H groups in total. The number of aliphatic hydroxyl groups excluding tert-OH is 1. The van der Waals surface area contributed by atoms with Gasteiger partial charge in [0.25, 0.3) is 0 Å². The second-order valence-electron chi connectivity index (χ2n) is 4.04. The monoisotopic (exact) mass is 213 g/mol. The van der Waals surface area contributed by atoms with Crippen molar-refractivity contribution >= 4 is 0 Å². The van der Waals surface area contributed by atoms with E-state index in [2.05, 4.69) is 37.0 Å². The van der Waals surface area contributed by atoms with Gasteiger partial charge in [0.15, 0.2) is 0 Å². The average molecular weight is 213 g/mol. The first kappa shape index (κ1) is 10.8. The quantitative estimate of drug-likeness (QED) is 0.832. The molecular weight excluding hydrogens is 198 g/mol. The highest BCUT2D eigenvalue weighted by molar-refractivity contribution is 5.64. The van der Waals surface area contributed by atoms with Crippen molar-refractivity contribution in [3.05, 3.63) is 53.3 Å². The molecule has 2 aromatic rings. The van der Waals surface area contributed by atoms with Gasteiger partial charge in [0.05, 0.1) is 6.61 Å². The molecule has 0 saturated heterocycles. The molecule has 0 aliphatic heterocycles. The number of hydrogen-bond donors (Lipinski definition) is 1. The molecule has 0 fully saturated rings. The summed E-state index contributed by atoms with van der Waals surface area (Å²) in [6.45, 7) is 4.23. The van der Waals surface area contributed by atoms with Crippen LogP contribution in [-0.2, 0) is 6.61 Å². The lowest BCUT2D eigenvalue weighted by atomic mass is 10.0. The van der Waals surface area contributed by atoms with E-state index in [0.717, 1.165) is 16.7 Å². The Bertz CT molecular complexity index is 506. The third-order valence-electron chi connectivity index (χ3n) is 2.82. The van der Waals surface area contributed by atoms with Crippen LogP contribution in [0.25, 0.3) is 11.1 Å². The number of hydrogen-bond acceptors (Lipinski definition) is 2. The molecule has 0 aliphatic carbocycles. The van der Waals surface area contributed by atoms with E-state index in [0.29, 0.717) is 0 Å². The summed E-state index contributed by atoms with van der Waals surface area (Å²) in [6.07, 6.45) is 3.51. The van der Waals surface area contributed by atoms with Gasteiger partial charge >= 0.3 is 0 Å². The van der Waals surface area contributed by atoms with Gasteiger partial charge in [-0.3, -0.25) is 4.98 Å². The van der Waals surface area contributed by atoms with Crippen LogP contribution >= 0.6 is 0 Å². The van der Waals surface area contributed by atoms with Crippen LogP contribution < -0.4 is 0 Å². The minimum atomic E-state index is 0.0334. The molecule has 2 heteroatoms. The molecule has 0 aliphatic rings. The van der Waals surface area contributed by atoms with Gasteiger partial charge < -0.3 is 5.11 Å². The van der Waals surface area contributed by atoms with Crippen LogP contribution in [0.2, 0.25) is 0 Å². The fourth-order valence-electron chi connectivity index (χ4n) is 1.65. The fraction of sp³-hybridized carbons (Fsp3) is 0.214. The van der Waals surface area contributed by atoms with E-state index >= 15 is 0 Å². The van der Waals surface area contributed by atoms with Gasteiger partial charge in [-0.2, -0.15) is 0 Å². The number of aryl methyl sites for hydroxylation is 2. The van der Waals surface area contributed by atoms with Gasteiger partial charge in [0, 0.05) is 18.0 Å². The van der Waals surface area contributed by atoms with E-state index in [1.54, 1.807) is 6.20 Å². The van der Waals surface area contributed by atoms with Crippen LogP contribution in [0.5, 0.6) is 0 Å². The Labute approximate surface area is 95.6 Å². The molecule has 16 heavy (non-hydrogen) atoms. The Kier molecular flexibility index (Phi) is 3.02. The predicted molar refractivity (Wildman–Crippen MR) is 65.1 cm³/mol. The lowest BCUT2D eigenvalue weighted by Crippen LogP contribution is -1.88. The van der Waals surface area contributed by atoms with Crippen LogP contribution in [-0.4, -0.2) is 10.1 Å². The molecule has 0 atom stereocenters. The molecule has 0 amide bonds. The zero-order chi connectivity index (χ0) is 11.5. The van der Waals surface area contributed by atoms with E-state index < -0.39 is 0 Å². The molecular formula is C14H15NO. The zero-order valence-electron chi connectivity index (χ0n) is 9.57. The van der Waals surface area contributed by atoms with Crippen LogP contribution in [0, 0.1) is 13.8 Å². The zero-order valence-corrected chi connectivity index (χ0v) is 9.57. The van der Waals surface area contributed by atoms with Crippen molar-refractivity contribution < 1.29 is 5.11 Å². The van der Waals surface area contributed by atoms with E-state index in [9.17, 15) is 0 Å². The van der Waals surface area contributed by atoms with Crippen LogP contribution in [0.3, 0.4) is 0 Å². The maximum atomic E-state index is 9.07. The summed E-state index contributed by atoms with van der Waals surface area (Å²) < 4.78 is 0. The van der Waals surface area contributed by atoms with Crippen molar-refractivity contribution in [2.75, 3.05) is 0 Å². The smallest absolute Gasteiger partial charge is 0.0697 e. The summed E-state index contributed by atoms with van der Waals surface area (Å²) in [7, 11) is 0. The van der Waals surface area contributed by atoms with Gasteiger partial charge in [-0.1, -0.05) is 18.2 Å². The van der Waals surface area contributed by atoms with Crippen molar-refractivity contribution in [1.82, 2.24) is 4.98 Å². The van der Waals surface area contributed by atoms with Crippen molar-refractivity contribution in [2.24, 2.45) is 0 Å².